The summed E-state index contributed by atoms with van der Waals surface area (Å²) in [5, 5.41) is 13.8. The fraction of sp³-hybridized carbons (Fsp3) is 0.0556. The van der Waals surface area contributed by atoms with Crippen LogP contribution in [-0.4, -0.2) is 29.2 Å². The molecule has 0 saturated carbocycles. The standard InChI is InChI=1S/C18H15N5O5S/c1-12-4-2-5-15(16(12)23(25)26)17(24)21-13-6-8-14(9-7-13)29(27,28)22-18-19-10-3-11-20-18/h2-11H,1H3,(H2,19,20,21,22,24)/p-1. The van der Waals surface area contributed by atoms with Crippen LogP contribution in [0.1, 0.15) is 15.9 Å². The summed E-state index contributed by atoms with van der Waals surface area (Å²) in [4.78, 5) is 30.4. The predicted octanol–water partition coefficient (Wildman–Crippen LogP) is 3.34. The second-order valence-corrected chi connectivity index (χ2v) is 7.43. The van der Waals surface area contributed by atoms with Crippen molar-refractivity contribution in [3.05, 3.63) is 86.9 Å². The van der Waals surface area contributed by atoms with Crippen LogP contribution in [0.5, 0.6) is 0 Å². The van der Waals surface area contributed by atoms with Crippen molar-refractivity contribution in [2.24, 2.45) is 0 Å². The number of para-hydroxylation sites is 1. The van der Waals surface area contributed by atoms with E-state index < -0.39 is 20.9 Å². The number of amides is 1. The van der Waals surface area contributed by atoms with E-state index in [1.807, 2.05) is 0 Å². The molecule has 0 fully saturated rings. The van der Waals surface area contributed by atoms with Crippen LogP contribution in [0.15, 0.2) is 65.8 Å². The molecule has 0 atom stereocenters. The molecule has 3 rings (SSSR count). The topological polar surface area (TPSA) is 146 Å². The largest absolute Gasteiger partial charge is 0.366 e. The van der Waals surface area contributed by atoms with Crippen molar-refractivity contribution >= 4 is 33.3 Å². The third kappa shape index (κ3) is 4.52. The molecule has 0 bridgehead atoms. The summed E-state index contributed by atoms with van der Waals surface area (Å²) in [6.07, 6.45) is 2.73. The molecular weight excluding hydrogens is 398 g/mol. The van der Waals surface area contributed by atoms with Gasteiger partial charge in [0, 0.05) is 17.2 Å². The lowest BCUT2D eigenvalue weighted by molar-refractivity contribution is -0.385. The van der Waals surface area contributed by atoms with Crippen molar-refractivity contribution in [3.63, 3.8) is 0 Å². The SMILES string of the molecule is Cc1cccc(C(=O)Nc2ccc(S(=O)(=O)[N-]c3ncccn3)cc2)c1[N+](=O)[O-]. The van der Waals surface area contributed by atoms with Gasteiger partial charge in [-0.05, 0) is 49.6 Å². The Hall–Kier alpha value is -3.86. The monoisotopic (exact) mass is 412 g/mol. The number of nitro benzene ring substituents is 1. The van der Waals surface area contributed by atoms with Gasteiger partial charge in [0.15, 0.2) is 0 Å². The van der Waals surface area contributed by atoms with E-state index in [9.17, 15) is 23.3 Å². The van der Waals surface area contributed by atoms with Crippen molar-refractivity contribution in [2.75, 3.05) is 5.32 Å². The highest BCUT2D eigenvalue weighted by Crippen LogP contribution is 2.26. The van der Waals surface area contributed by atoms with Crippen molar-refractivity contribution in [1.82, 2.24) is 9.97 Å². The molecule has 1 heterocycles. The third-order valence-electron chi connectivity index (χ3n) is 3.83. The quantitative estimate of drug-likeness (QED) is 0.482. The van der Waals surface area contributed by atoms with Gasteiger partial charge < -0.3 is 15.3 Å². The fourth-order valence-corrected chi connectivity index (χ4v) is 3.39. The molecule has 0 spiro atoms. The summed E-state index contributed by atoms with van der Waals surface area (Å²) >= 11 is 0. The van der Waals surface area contributed by atoms with Crippen molar-refractivity contribution in [3.8, 4) is 0 Å². The zero-order chi connectivity index (χ0) is 21.0. The number of aromatic nitrogens is 2. The number of nitrogens with one attached hydrogen (secondary N) is 1. The van der Waals surface area contributed by atoms with Crippen LogP contribution in [0.3, 0.4) is 0 Å². The Bertz CT molecular complexity index is 1170. The highest BCUT2D eigenvalue weighted by atomic mass is 32.2. The van der Waals surface area contributed by atoms with Crippen LogP contribution >= 0.6 is 0 Å². The summed E-state index contributed by atoms with van der Waals surface area (Å²) in [6.45, 7) is 1.54. The first-order chi connectivity index (χ1) is 13.8. The average molecular weight is 412 g/mol. The van der Waals surface area contributed by atoms with E-state index in [1.165, 1.54) is 61.8 Å². The summed E-state index contributed by atoms with van der Waals surface area (Å²) in [5.41, 5.74) is 0.239. The maximum absolute atomic E-state index is 12.4. The molecule has 148 valence electrons. The minimum absolute atomic E-state index is 0.0945. The highest BCUT2D eigenvalue weighted by Gasteiger charge is 2.22. The van der Waals surface area contributed by atoms with E-state index in [4.69, 9.17) is 0 Å². The lowest BCUT2D eigenvalue weighted by Gasteiger charge is -2.12. The van der Waals surface area contributed by atoms with Crippen molar-refractivity contribution < 1.29 is 18.1 Å². The predicted molar refractivity (Wildman–Crippen MR) is 104 cm³/mol. The molecule has 0 aliphatic heterocycles. The molecule has 11 heteroatoms. The molecule has 0 saturated heterocycles. The normalized spacial score (nSPS) is 10.9. The Balaban J connectivity index is 1.79. The Morgan fingerprint density at radius 1 is 1.07 bits per heavy atom. The van der Waals surface area contributed by atoms with Gasteiger partial charge in [-0.15, -0.1) is 0 Å². The molecule has 1 N–H and O–H groups in total. The van der Waals surface area contributed by atoms with E-state index in [0.29, 0.717) is 5.56 Å². The number of nitrogens with zero attached hydrogens (tertiary/aromatic N) is 4. The second-order valence-electron chi connectivity index (χ2n) is 5.82. The molecule has 0 radical (unpaired) electrons. The first kappa shape index (κ1) is 19.9. The maximum atomic E-state index is 12.4. The van der Waals surface area contributed by atoms with Crippen LogP contribution in [-0.2, 0) is 10.0 Å². The van der Waals surface area contributed by atoms with Gasteiger partial charge in [0.1, 0.15) is 5.56 Å². The number of sulfonamides is 1. The molecule has 1 aromatic heterocycles. The van der Waals surface area contributed by atoms with Gasteiger partial charge in [0.25, 0.3) is 11.6 Å². The number of aryl methyl sites for hydroxylation is 1. The number of hydrogen-bond acceptors (Lipinski definition) is 7. The Labute approximate surface area is 165 Å². The van der Waals surface area contributed by atoms with E-state index in [0.717, 1.165) is 0 Å². The van der Waals surface area contributed by atoms with Crippen LogP contribution in [0.25, 0.3) is 4.72 Å². The number of hydrogen-bond donors (Lipinski definition) is 1. The van der Waals surface area contributed by atoms with Gasteiger partial charge >= 0.3 is 0 Å². The molecule has 10 nitrogen and oxygen atoms in total. The first-order valence-electron chi connectivity index (χ1n) is 8.18. The van der Waals surface area contributed by atoms with Crippen LogP contribution < -0.4 is 5.32 Å². The highest BCUT2D eigenvalue weighted by molar-refractivity contribution is 7.94. The zero-order valence-corrected chi connectivity index (χ0v) is 15.8. The Morgan fingerprint density at radius 2 is 1.72 bits per heavy atom. The summed E-state index contributed by atoms with van der Waals surface area (Å²) < 4.78 is 28.1. The van der Waals surface area contributed by atoms with Crippen LogP contribution in [0.4, 0.5) is 17.3 Å². The number of anilines is 1. The second kappa shape index (κ2) is 8.02. The molecule has 1 amide bonds. The minimum Gasteiger partial charge on any atom is -0.366 e. The number of carbonyl (C=O) groups is 1. The van der Waals surface area contributed by atoms with Gasteiger partial charge in [-0.1, -0.05) is 18.2 Å². The third-order valence-corrected chi connectivity index (χ3v) is 5.10. The lowest BCUT2D eigenvalue weighted by Crippen LogP contribution is -2.14. The molecular formula is C18H14N5O5S-. The Morgan fingerprint density at radius 3 is 2.34 bits per heavy atom. The van der Waals surface area contributed by atoms with E-state index in [-0.39, 0.29) is 27.8 Å². The minimum atomic E-state index is -4.04. The van der Waals surface area contributed by atoms with Gasteiger partial charge in [-0.25, -0.2) is 8.42 Å². The van der Waals surface area contributed by atoms with Gasteiger partial charge in [-0.3, -0.25) is 19.6 Å². The van der Waals surface area contributed by atoms with Crippen molar-refractivity contribution in [1.29, 1.82) is 0 Å². The molecule has 0 aliphatic carbocycles. The van der Waals surface area contributed by atoms with Gasteiger partial charge in [0.05, 0.1) is 9.82 Å². The lowest BCUT2D eigenvalue weighted by atomic mass is 10.1. The van der Waals surface area contributed by atoms with Crippen LogP contribution in [0, 0.1) is 17.0 Å². The number of rotatable bonds is 6. The molecule has 29 heavy (non-hydrogen) atoms. The van der Waals surface area contributed by atoms with Crippen LogP contribution in [0.2, 0.25) is 0 Å². The summed E-state index contributed by atoms with van der Waals surface area (Å²) in [7, 11) is -4.04. The Kier molecular flexibility index (Phi) is 5.50. The molecule has 2 aromatic carbocycles. The fourth-order valence-electron chi connectivity index (χ4n) is 2.49. The summed E-state index contributed by atoms with van der Waals surface area (Å²) in [5.74, 6) is -0.880. The van der Waals surface area contributed by atoms with E-state index >= 15 is 0 Å². The molecule has 0 aliphatic rings. The van der Waals surface area contributed by atoms with E-state index in [1.54, 1.807) is 6.07 Å². The first-order valence-corrected chi connectivity index (χ1v) is 9.62. The molecule has 0 unspecified atom stereocenters. The average Bonchev–Trinajstić information content (AvgIpc) is 2.68. The van der Waals surface area contributed by atoms with Crippen molar-refractivity contribution in [2.45, 2.75) is 11.8 Å². The smallest absolute Gasteiger partial charge is 0.285 e. The van der Waals surface area contributed by atoms with Gasteiger partial charge in [-0.2, -0.15) is 0 Å². The summed E-state index contributed by atoms with van der Waals surface area (Å²) in [6, 6.07) is 11.2. The molecule has 3 aromatic rings. The number of carbonyl (C=O) groups excluding carboxylic acids is 1. The van der Waals surface area contributed by atoms with Gasteiger partial charge in [0.2, 0.25) is 10.0 Å². The number of benzene rings is 2. The zero-order valence-electron chi connectivity index (χ0n) is 15.0. The number of nitro groups is 1. The maximum Gasteiger partial charge on any atom is 0.285 e. The van der Waals surface area contributed by atoms with E-state index in [2.05, 4.69) is 20.0 Å².